The summed E-state index contributed by atoms with van der Waals surface area (Å²) in [5.41, 5.74) is 0.996. The molecule has 0 spiro atoms. The molecular formula is C14H22N2O3S2. The van der Waals surface area contributed by atoms with Gasteiger partial charge in [0.15, 0.2) is 0 Å². The SMILES string of the molecule is CNCc1ccc(S(=O)(=O)N2CCSC(C)C2)c(OC)c1. The van der Waals surface area contributed by atoms with Gasteiger partial charge in [0, 0.05) is 30.6 Å². The molecule has 1 saturated heterocycles. The number of nitrogens with one attached hydrogen (secondary N) is 1. The van der Waals surface area contributed by atoms with Crippen LogP contribution in [0.2, 0.25) is 0 Å². The van der Waals surface area contributed by atoms with E-state index >= 15 is 0 Å². The topological polar surface area (TPSA) is 58.6 Å². The van der Waals surface area contributed by atoms with Crippen LogP contribution in [0, 0.1) is 0 Å². The van der Waals surface area contributed by atoms with E-state index in [1.807, 2.05) is 13.1 Å². The van der Waals surface area contributed by atoms with Crippen molar-refractivity contribution >= 4 is 21.8 Å². The van der Waals surface area contributed by atoms with Gasteiger partial charge >= 0.3 is 0 Å². The Bertz CT molecular complexity index is 590. The van der Waals surface area contributed by atoms with E-state index in [2.05, 4.69) is 12.2 Å². The molecule has 1 unspecified atom stereocenters. The number of methoxy groups -OCH3 is 1. The van der Waals surface area contributed by atoms with Gasteiger partial charge in [0.1, 0.15) is 10.6 Å². The molecule has 21 heavy (non-hydrogen) atoms. The Kier molecular flexibility index (Phi) is 5.54. The lowest BCUT2D eigenvalue weighted by atomic mass is 10.2. The molecule has 1 aliphatic rings. The fourth-order valence-electron chi connectivity index (χ4n) is 2.38. The fourth-order valence-corrected chi connectivity index (χ4v) is 5.27. The van der Waals surface area contributed by atoms with Crippen LogP contribution >= 0.6 is 11.8 Å². The Balaban J connectivity index is 2.34. The number of nitrogens with zero attached hydrogens (tertiary/aromatic N) is 1. The molecule has 1 aromatic rings. The van der Waals surface area contributed by atoms with Crippen molar-refractivity contribution in [1.29, 1.82) is 0 Å². The lowest BCUT2D eigenvalue weighted by Gasteiger charge is -2.30. The van der Waals surface area contributed by atoms with E-state index in [-0.39, 0.29) is 4.90 Å². The molecule has 0 amide bonds. The highest BCUT2D eigenvalue weighted by Gasteiger charge is 2.31. The van der Waals surface area contributed by atoms with Gasteiger partial charge < -0.3 is 10.1 Å². The Morgan fingerprint density at radius 2 is 2.24 bits per heavy atom. The van der Waals surface area contributed by atoms with Gasteiger partial charge in [0.05, 0.1) is 7.11 Å². The predicted octanol–water partition coefficient (Wildman–Crippen LogP) is 1.54. The minimum atomic E-state index is -3.49. The van der Waals surface area contributed by atoms with Crippen LogP contribution in [0.3, 0.4) is 0 Å². The zero-order chi connectivity index (χ0) is 15.5. The Hall–Kier alpha value is -0.760. The summed E-state index contributed by atoms with van der Waals surface area (Å²) in [6, 6.07) is 5.26. The van der Waals surface area contributed by atoms with Crippen LogP contribution in [0.4, 0.5) is 0 Å². The normalized spacial score (nSPS) is 20.4. The molecule has 0 aromatic heterocycles. The molecule has 7 heteroatoms. The van der Waals surface area contributed by atoms with Crippen molar-refractivity contribution in [3.05, 3.63) is 23.8 Å². The van der Waals surface area contributed by atoms with Crippen molar-refractivity contribution in [2.75, 3.05) is 33.0 Å². The molecule has 1 fully saturated rings. The molecule has 0 saturated carbocycles. The second-order valence-electron chi connectivity index (χ2n) is 5.06. The highest BCUT2D eigenvalue weighted by Crippen LogP contribution is 2.30. The largest absolute Gasteiger partial charge is 0.495 e. The van der Waals surface area contributed by atoms with Crippen LogP contribution in [0.5, 0.6) is 5.75 Å². The van der Waals surface area contributed by atoms with E-state index < -0.39 is 10.0 Å². The van der Waals surface area contributed by atoms with Gasteiger partial charge in [-0.3, -0.25) is 0 Å². The van der Waals surface area contributed by atoms with Gasteiger partial charge in [-0.25, -0.2) is 8.42 Å². The molecule has 1 atom stereocenters. The summed E-state index contributed by atoms with van der Waals surface area (Å²) < 4.78 is 32.5. The molecule has 2 rings (SSSR count). The zero-order valence-electron chi connectivity index (χ0n) is 12.6. The average molecular weight is 330 g/mol. The molecule has 5 nitrogen and oxygen atoms in total. The van der Waals surface area contributed by atoms with Crippen LogP contribution in [-0.2, 0) is 16.6 Å². The van der Waals surface area contributed by atoms with Crippen LogP contribution in [0.1, 0.15) is 12.5 Å². The number of rotatable bonds is 5. The Morgan fingerprint density at radius 1 is 1.48 bits per heavy atom. The third-order valence-electron chi connectivity index (χ3n) is 3.43. The first-order chi connectivity index (χ1) is 9.98. The Morgan fingerprint density at radius 3 is 2.86 bits per heavy atom. The van der Waals surface area contributed by atoms with Crippen molar-refractivity contribution in [3.8, 4) is 5.75 Å². The molecule has 1 heterocycles. The van der Waals surface area contributed by atoms with Crippen molar-refractivity contribution < 1.29 is 13.2 Å². The van der Waals surface area contributed by atoms with Gasteiger partial charge in [0.25, 0.3) is 0 Å². The van der Waals surface area contributed by atoms with Crippen molar-refractivity contribution in [1.82, 2.24) is 9.62 Å². The summed E-state index contributed by atoms with van der Waals surface area (Å²) in [6.07, 6.45) is 0. The van der Waals surface area contributed by atoms with E-state index in [1.54, 1.807) is 28.2 Å². The number of hydrogen-bond donors (Lipinski definition) is 1. The van der Waals surface area contributed by atoms with Crippen LogP contribution in [-0.4, -0.2) is 51.0 Å². The van der Waals surface area contributed by atoms with E-state index in [9.17, 15) is 8.42 Å². The fraction of sp³-hybridized carbons (Fsp3) is 0.571. The molecule has 118 valence electrons. The second kappa shape index (κ2) is 7.00. The molecule has 1 N–H and O–H groups in total. The van der Waals surface area contributed by atoms with Crippen LogP contribution in [0.25, 0.3) is 0 Å². The molecule has 1 aliphatic heterocycles. The maximum Gasteiger partial charge on any atom is 0.246 e. The zero-order valence-corrected chi connectivity index (χ0v) is 14.3. The lowest BCUT2D eigenvalue weighted by molar-refractivity contribution is 0.391. The number of ether oxygens (including phenoxy) is 1. The standard InChI is InChI=1S/C14H22N2O3S2/c1-11-10-16(6-7-20-11)21(17,18)14-5-4-12(9-15-2)8-13(14)19-3/h4-5,8,11,15H,6-7,9-10H2,1-3H3. The van der Waals surface area contributed by atoms with Crippen LogP contribution < -0.4 is 10.1 Å². The van der Waals surface area contributed by atoms with Gasteiger partial charge in [-0.2, -0.15) is 16.1 Å². The number of benzene rings is 1. The highest BCUT2D eigenvalue weighted by atomic mass is 32.2. The van der Waals surface area contributed by atoms with Gasteiger partial charge in [-0.05, 0) is 24.7 Å². The molecule has 0 bridgehead atoms. The monoisotopic (exact) mass is 330 g/mol. The smallest absolute Gasteiger partial charge is 0.246 e. The number of sulfonamides is 1. The maximum atomic E-state index is 12.8. The van der Waals surface area contributed by atoms with Crippen LogP contribution in [0.15, 0.2) is 23.1 Å². The first-order valence-electron chi connectivity index (χ1n) is 6.92. The van der Waals surface area contributed by atoms with Gasteiger partial charge in [0.2, 0.25) is 10.0 Å². The van der Waals surface area contributed by atoms with Gasteiger partial charge in [-0.15, -0.1) is 0 Å². The van der Waals surface area contributed by atoms with E-state index in [0.717, 1.165) is 11.3 Å². The molecule has 0 aliphatic carbocycles. The van der Waals surface area contributed by atoms with Crippen molar-refractivity contribution in [2.45, 2.75) is 23.6 Å². The van der Waals surface area contributed by atoms with Gasteiger partial charge in [-0.1, -0.05) is 13.0 Å². The third kappa shape index (κ3) is 3.71. The maximum absolute atomic E-state index is 12.8. The first kappa shape index (κ1) is 16.6. The predicted molar refractivity (Wildman–Crippen MR) is 86.4 cm³/mol. The average Bonchev–Trinajstić information content (AvgIpc) is 2.47. The summed E-state index contributed by atoms with van der Waals surface area (Å²) in [6.45, 7) is 3.83. The van der Waals surface area contributed by atoms with E-state index in [0.29, 0.717) is 30.6 Å². The van der Waals surface area contributed by atoms with Crippen molar-refractivity contribution in [3.63, 3.8) is 0 Å². The summed E-state index contributed by atoms with van der Waals surface area (Å²) in [5, 5.41) is 3.37. The summed E-state index contributed by atoms with van der Waals surface area (Å²) >= 11 is 1.81. The van der Waals surface area contributed by atoms with E-state index in [4.69, 9.17) is 4.74 Å². The summed E-state index contributed by atoms with van der Waals surface area (Å²) in [7, 11) is -0.138. The second-order valence-corrected chi connectivity index (χ2v) is 8.51. The number of hydrogen-bond acceptors (Lipinski definition) is 5. The highest BCUT2D eigenvalue weighted by molar-refractivity contribution is 8.00. The third-order valence-corrected chi connectivity index (χ3v) is 6.47. The molecule has 1 aromatic carbocycles. The Labute approximate surface area is 131 Å². The summed E-state index contributed by atoms with van der Waals surface area (Å²) in [5.74, 6) is 1.24. The quantitative estimate of drug-likeness (QED) is 0.887. The minimum absolute atomic E-state index is 0.254. The number of thioether (sulfide) groups is 1. The first-order valence-corrected chi connectivity index (χ1v) is 9.41. The van der Waals surface area contributed by atoms with Crippen molar-refractivity contribution in [2.24, 2.45) is 0 Å². The van der Waals surface area contributed by atoms with E-state index in [1.165, 1.54) is 7.11 Å². The molecular weight excluding hydrogens is 308 g/mol. The summed E-state index contributed by atoms with van der Waals surface area (Å²) in [4.78, 5) is 0.254. The lowest BCUT2D eigenvalue weighted by Crippen LogP contribution is -2.41. The molecule has 0 radical (unpaired) electrons. The minimum Gasteiger partial charge on any atom is -0.495 e.